The molecule has 1 aromatic heterocycles. The Labute approximate surface area is 91.6 Å². The molecule has 0 aliphatic carbocycles. The number of hydrogen-bond acceptors (Lipinski definition) is 5. The Hall–Kier alpha value is -1.14. The van der Waals surface area contributed by atoms with Gasteiger partial charge in [0.05, 0.1) is 12.4 Å². The number of carboxylic acids is 1. The molecule has 0 amide bonds. The minimum atomic E-state index is -1.08. The first-order valence-electron chi connectivity index (χ1n) is 4.42. The second-order valence-corrected chi connectivity index (χ2v) is 4.18. The Morgan fingerprint density at radius 1 is 1.53 bits per heavy atom. The van der Waals surface area contributed by atoms with Crippen LogP contribution in [0.1, 0.15) is 17.4 Å². The van der Waals surface area contributed by atoms with Gasteiger partial charge in [-0.3, -0.25) is 0 Å². The summed E-state index contributed by atoms with van der Waals surface area (Å²) in [5.74, 6) is -0.156. The smallest absolute Gasteiger partial charge is 0.356 e. The molecular weight excluding hydrogens is 216 g/mol. The molecule has 1 atom stereocenters. The van der Waals surface area contributed by atoms with Crippen LogP contribution in [0.4, 0.5) is 0 Å². The zero-order valence-corrected chi connectivity index (χ0v) is 9.07. The number of nitrogens with zero attached hydrogens (tertiary/aromatic N) is 2. The summed E-state index contributed by atoms with van der Waals surface area (Å²) < 4.78 is 0. The standard InChI is InChI=1S/C9H12N2O3S/c1-6(4-12)5-15-8-3-10-7(2-11-8)9(13)14/h2-3,6,12H,4-5H2,1H3,(H,13,14). The fourth-order valence-corrected chi connectivity index (χ4v) is 1.60. The van der Waals surface area contributed by atoms with Crippen molar-refractivity contribution in [3.8, 4) is 0 Å². The zero-order valence-electron chi connectivity index (χ0n) is 8.25. The van der Waals surface area contributed by atoms with Gasteiger partial charge in [0.25, 0.3) is 0 Å². The average molecular weight is 228 g/mol. The summed E-state index contributed by atoms with van der Waals surface area (Å²) in [5.41, 5.74) is -0.0606. The summed E-state index contributed by atoms with van der Waals surface area (Å²) in [6, 6.07) is 0. The number of thioether (sulfide) groups is 1. The average Bonchev–Trinajstić information content (AvgIpc) is 2.26. The van der Waals surface area contributed by atoms with Crippen LogP contribution in [0.5, 0.6) is 0 Å². The van der Waals surface area contributed by atoms with Crippen LogP contribution >= 0.6 is 11.8 Å². The van der Waals surface area contributed by atoms with Crippen LogP contribution < -0.4 is 0 Å². The van der Waals surface area contributed by atoms with E-state index in [1.807, 2.05) is 6.92 Å². The molecule has 0 saturated carbocycles. The molecule has 0 aliphatic heterocycles. The van der Waals surface area contributed by atoms with Crippen LogP contribution in [0.25, 0.3) is 0 Å². The van der Waals surface area contributed by atoms with Gasteiger partial charge in [0, 0.05) is 12.4 Å². The lowest BCUT2D eigenvalue weighted by Gasteiger charge is -2.05. The number of hydrogen-bond donors (Lipinski definition) is 2. The van der Waals surface area contributed by atoms with Gasteiger partial charge in [0.15, 0.2) is 5.69 Å². The number of rotatable bonds is 5. The van der Waals surface area contributed by atoms with E-state index < -0.39 is 5.97 Å². The van der Waals surface area contributed by atoms with Gasteiger partial charge in [-0.25, -0.2) is 14.8 Å². The number of carboxylic acid groups (broad SMARTS) is 1. The molecule has 0 saturated heterocycles. The summed E-state index contributed by atoms with van der Waals surface area (Å²) in [6.45, 7) is 2.06. The molecule has 0 aliphatic rings. The first-order chi connectivity index (χ1) is 7.13. The van der Waals surface area contributed by atoms with Crippen LogP contribution in [0.3, 0.4) is 0 Å². The maximum atomic E-state index is 10.5. The van der Waals surface area contributed by atoms with Crippen LogP contribution in [-0.4, -0.2) is 38.5 Å². The quantitative estimate of drug-likeness (QED) is 0.728. The second kappa shape index (κ2) is 5.67. The summed E-state index contributed by atoms with van der Waals surface area (Å²) in [6.07, 6.45) is 2.66. The third-order valence-electron chi connectivity index (χ3n) is 1.67. The Kier molecular flexibility index (Phi) is 4.51. The third kappa shape index (κ3) is 3.85. The van der Waals surface area contributed by atoms with Gasteiger partial charge in [0.2, 0.25) is 0 Å². The predicted octanol–water partition coefficient (Wildman–Crippen LogP) is 0.895. The highest BCUT2D eigenvalue weighted by molar-refractivity contribution is 7.99. The van der Waals surface area contributed by atoms with Crippen molar-refractivity contribution in [2.24, 2.45) is 5.92 Å². The SMILES string of the molecule is CC(CO)CSc1cnc(C(=O)O)cn1. The van der Waals surface area contributed by atoms with Crippen molar-refractivity contribution in [1.29, 1.82) is 0 Å². The van der Waals surface area contributed by atoms with Crippen LogP contribution in [0, 0.1) is 5.92 Å². The summed E-state index contributed by atoms with van der Waals surface area (Å²) in [5, 5.41) is 18.1. The van der Waals surface area contributed by atoms with Crippen LogP contribution in [-0.2, 0) is 0 Å². The first kappa shape index (κ1) is 11.9. The lowest BCUT2D eigenvalue weighted by molar-refractivity contribution is 0.0689. The molecule has 0 radical (unpaired) electrons. The van der Waals surface area contributed by atoms with E-state index in [0.717, 1.165) is 5.75 Å². The maximum absolute atomic E-state index is 10.5. The molecule has 1 rings (SSSR count). The lowest BCUT2D eigenvalue weighted by atomic mass is 10.2. The molecule has 1 unspecified atom stereocenters. The van der Waals surface area contributed by atoms with E-state index >= 15 is 0 Å². The zero-order chi connectivity index (χ0) is 11.3. The molecular formula is C9H12N2O3S. The molecule has 6 heteroatoms. The summed E-state index contributed by atoms with van der Waals surface area (Å²) in [4.78, 5) is 18.2. The molecule has 15 heavy (non-hydrogen) atoms. The van der Waals surface area contributed by atoms with Gasteiger partial charge in [-0.15, -0.1) is 11.8 Å². The van der Waals surface area contributed by atoms with Gasteiger partial charge in [-0.1, -0.05) is 6.92 Å². The van der Waals surface area contributed by atoms with Crippen molar-refractivity contribution >= 4 is 17.7 Å². The van der Waals surface area contributed by atoms with Gasteiger partial charge < -0.3 is 10.2 Å². The van der Waals surface area contributed by atoms with Gasteiger partial charge in [-0.2, -0.15) is 0 Å². The van der Waals surface area contributed by atoms with Gasteiger partial charge >= 0.3 is 5.97 Å². The van der Waals surface area contributed by atoms with Crippen molar-refractivity contribution in [1.82, 2.24) is 9.97 Å². The van der Waals surface area contributed by atoms with Crippen molar-refractivity contribution in [3.05, 3.63) is 18.1 Å². The number of carbonyl (C=O) groups is 1. The predicted molar refractivity (Wildman–Crippen MR) is 56.0 cm³/mol. The Bertz CT molecular complexity index is 329. The van der Waals surface area contributed by atoms with E-state index in [9.17, 15) is 4.79 Å². The molecule has 0 fully saturated rings. The number of aliphatic hydroxyl groups is 1. The molecule has 0 bridgehead atoms. The minimum absolute atomic E-state index is 0.0606. The van der Waals surface area contributed by atoms with Crippen LogP contribution in [0.15, 0.2) is 17.4 Å². The monoisotopic (exact) mass is 228 g/mol. The fraction of sp³-hybridized carbons (Fsp3) is 0.444. The van der Waals surface area contributed by atoms with E-state index in [1.165, 1.54) is 24.2 Å². The van der Waals surface area contributed by atoms with E-state index in [4.69, 9.17) is 10.2 Å². The molecule has 0 spiro atoms. The van der Waals surface area contributed by atoms with Gasteiger partial charge in [0.1, 0.15) is 5.03 Å². The fourth-order valence-electron chi connectivity index (χ4n) is 0.782. The number of aromatic nitrogens is 2. The maximum Gasteiger partial charge on any atom is 0.356 e. The molecule has 0 aromatic carbocycles. The number of aliphatic hydroxyl groups excluding tert-OH is 1. The summed E-state index contributed by atoms with van der Waals surface area (Å²) in [7, 11) is 0. The molecule has 82 valence electrons. The van der Waals surface area contributed by atoms with E-state index in [-0.39, 0.29) is 18.2 Å². The Morgan fingerprint density at radius 3 is 2.73 bits per heavy atom. The van der Waals surface area contributed by atoms with Crippen LogP contribution in [0.2, 0.25) is 0 Å². The van der Waals surface area contributed by atoms with E-state index in [1.54, 1.807) is 0 Å². The Balaban J connectivity index is 2.53. The topological polar surface area (TPSA) is 83.3 Å². The van der Waals surface area contributed by atoms with Crippen molar-refractivity contribution in [3.63, 3.8) is 0 Å². The third-order valence-corrected chi connectivity index (χ3v) is 2.92. The molecule has 2 N–H and O–H groups in total. The lowest BCUT2D eigenvalue weighted by Crippen LogP contribution is -2.04. The van der Waals surface area contributed by atoms with Crippen molar-refractivity contribution in [2.75, 3.05) is 12.4 Å². The largest absolute Gasteiger partial charge is 0.476 e. The number of aromatic carboxylic acids is 1. The van der Waals surface area contributed by atoms with Gasteiger partial charge in [-0.05, 0) is 5.92 Å². The molecule has 1 aromatic rings. The highest BCUT2D eigenvalue weighted by atomic mass is 32.2. The van der Waals surface area contributed by atoms with Crippen molar-refractivity contribution < 1.29 is 15.0 Å². The molecule has 5 nitrogen and oxygen atoms in total. The second-order valence-electron chi connectivity index (χ2n) is 3.14. The first-order valence-corrected chi connectivity index (χ1v) is 5.41. The van der Waals surface area contributed by atoms with Crippen molar-refractivity contribution in [2.45, 2.75) is 11.9 Å². The highest BCUT2D eigenvalue weighted by Gasteiger charge is 2.06. The molecule has 1 heterocycles. The van der Waals surface area contributed by atoms with E-state index in [2.05, 4.69) is 9.97 Å². The van der Waals surface area contributed by atoms with E-state index in [0.29, 0.717) is 5.03 Å². The summed E-state index contributed by atoms with van der Waals surface area (Å²) >= 11 is 1.45. The Morgan fingerprint density at radius 2 is 2.27 bits per heavy atom. The highest BCUT2D eigenvalue weighted by Crippen LogP contribution is 2.17. The minimum Gasteiger partial charge on any atom is -0.476 e. The normalized spacial score (nSPS) is 12.4.